The van der Waals surface area contributed by atoms with E-state index in [1.807, 2.05) is 12.1 Å². The highest BCUT2D eigenvalue weighted by molar-refractivity contribution is 6.00. The number of hydrogen-bond donors (Lipinski definition) is 3. The molecule has 0 bridgehead atoms. The van der Waals surface area contributed by atoms with Crippen LogP contribution in [0.4, 0.5) is 5.69 Å². The molecule has 1 aliphatic rings. The van der Waals surface area contributed by atoms with Crippen molar-refractivity contribution in [3.8, 4) is 0 Å². The molecule has 1 aliphatic carbocycles. The van der Waals surface area contributed by atoms with Crippen LogP contribution in [0.1, 0.15) is 23.3 Å². The summed E-state index contributed by atoms with van der Waals surface area (Å²) in [5.41, 5.74) is 7.12. The van der Waals surface area contributed by atoms with Gasteiger partial charge in [0.1, 0.15) is 11.7 Å². The van der Waals surface area contributed by atoms with Gasteiger partial charge in [-0.1, -0.05) is 18.2 Å². The predicted molar refractivity (Wildman–Crippen MR) is 77.8 cm³/mol. The molecule has 0 spiro atoms. The first-order chi connectivity index (χ1) is 10.1. The summed E-state index contributed by atoms with van der Waals surface area (Å²) in [5.74, 6) is -1.50. The Labute approximate surface area is 121 Å². The fourth-order valence-electron chi connectivity index (χ4n) is 2.34. The van der Waals surface area contributed by atoms with Gasteiger partial charge in [-0.2, -0.15) is 0 Å². The summed E-state index contributed by atoms with van der Waals surface area (Å²) in [5, 5.41) is 12.4. The van der Waals surface area contributed by atoms with E-state index in [2.05, 4.69) is 10.3 Å². The molecule has 1 atom stereocenters. The fourth-order valence-corrected chi connectivity index (χ4v) is 2.34. The highest BCUT2D eigenvalue weighted by atomic mass is 16.4. The molecule has 0 radical (unpaired) electrons. The molecule has 21 heavy (non-hydrogen) atoms. The first-order valence-corrected chi connectivity index (χ1v) is 6.75. The van der Waals surface area contributed by atoms with Crippen LogP contribution < -0.4 is 11.1 Å². The van der Waals surface area contributed by atoms with Crippen LogP contribution in [0.15, 0.2) is 30.3 Å². The molecule has 1 unspecified atom stereocenters. The van der Waals surface area contributed by atoms with E-state index in [-0.39, 0.29) is 11.6 Å². The number of carboxylic acid groups (broad SMARTS) is 1. The molecule has 1 saturated carbocycles. The topological polar surface area (TPSA) is 105 Å². The van der Waals surface area contributed by atoms with Gasteiger partial charge in [-0.3, -0.25) is 4.79 Å². The zero-order chi connectivity index (χ0) is 15.0. The average Bonchev–Trinajstić information content (AvgIpc) is 3.28. The van der Waals surface area contributed by atoms with Crippen molar-refractivity contribution in [1.29, 1.82) is 0 Å². The Balaban J connectivity index is 1.89. The average molecular weight is 285 g/mol. The summed E-state index contributed by atoms with van der Waals surface area (Å²) in [4.78, 5) is 27.6. The van der Waals surface area contributed by atoms with E-state index in [0.717, 1.165) is 18.2 Å². The molecule has 4 N–H and O–H groups in total. The predicted octanol–water partition coefficient (Wildman–Crippen LogP) is 1.41. The number of nitrogens with two attached hydrogens (primary N) is 1. The van der Waals surface area contributed by atoms with Crippen LogP contribution >= 0.6 is 0 Å². The Morgan fingerprint density at radius 3 is 2.71 bits per heavy atom. The number of nitrogen functional groups attached to an aromatic ring is 1. The summed E-state index contributed by atoms with van der Waals surface area (Å²) in [6.07, 6.45) is 1.65. The minimum absolute atomic E-state index is 0.0178. The Hall–Kier alpha value is -2.63. The number of hydrogen-bond acceptors (Lipinski definition) is 4. The van der Waals surface area contributed by atoms with Crippen LogP contribution in [0.2, 0.25) is 0 Å². The molecule has 0 saturated heterocycles. The molecule has 1 heterocycles. The Bertz CT molecular complexity index is 725. The Morgan fingerprint density at radius 2 is 2.05 bits per heavy atom. The second kappa shape index (κ2) is 5.05. The van der Waals surface area contributed by atoms with Crippen molar-refractivity contribution in [3.05, 3.63) is 36.0 Å². The van der Waals surface area contributed by atoms with Gasteiger partial charge in [-0.15, -0.1) is 0 Å². The van der Waals surface area contributed by atoms with Crippen molar-refractivity contribution >= 4 is 28.5 Å². The smallest absolute Gasteiger partial charge is 0.326 e. The molecule has 108 valence electrons. The van der Waals surface area contributed by atoms with E-state index in [1.54, 1.807) is 12.1 Å². The summed E-state index contributed by atoms with van der Waals surface area (Å²) >= 11 is 0. The Morgan fingerprint density at radius 1 is 1.33 bits per heavy atom. The molecule has 1 aromatic carbocycles. The number of pyridine rings is 1. The molecule has 6 nitrogen and oxygen atoms in total. The summed E-state index contributed by atoms with van der Waals surface area (Å²) < 4.78 is 0. The number of aromatic nitrogens is 1. The molecule has 1 amide bonds. The summed E-state index contributed by atoms with van der Waals surface area (Å²) in [7, 11) is 0. The lowest BCUT2D eigenvalue weighted by Gasteiger charge is -2.13. The fraction of sp³-hybridized carbons (Fsp3) is 0.267. The highest BCUT2D eigenvalue weighted by Crippen LogP contribution is 2.33. The molecule has 1 fully saturated rings. The number of aliphatic carboxylic acids is 1. The summed E-state index contributed by atoms with van der Waals surface area (Å²) in [6.45, 7) is 0. The number of carbonyl (C=O) groups excluding carboxylic acids is 1. The molecule has 2 aromatic rings. The molecule has 1 aromatic heterocycles. The second-order valence-corrected chi connectivity index (χ2v) is 5.24. The number of carbonyl (C=O) groups is 2. The quantitative estimate of drug-likeness (QED) is 0.787. The maximum atomic E-state index is 12.2. The van der Waals surface area contributed by atoms with Gasteiger partial charge in [0.25, 0.3) is 5.91 Å². The zero-order valence-electron chi connectivity index (χ0n) is 11.2. The van der Waals surface area contributed by atoms with Crippen LogP contribution in [0.5, 0.6) is 0 Å². The third-order valence-electron chi connectivity index (χ3n) is 3.63. The maximum Gasteiger partial charge on any atom is 0.326 e. The van der Waals surface area contributed by atoms with Gasteiger partial charge in [-0.05, 0) is 30.9 Å². The lowest BCUT2D eigenvalue weighted by atomic mass is 10.1. The lowest BCUT2D eigenvalue weighted by molar-refractivity contribution is -0.139. The first-order valence-electron chi connectivity index (χ1n) is 6.75. The van der Waals surface area contributed by atoms with Gasteiger partial charge >= 0.3 is 5.97 Å². The highest BCUT2D eigenvalue weighted by Gasteiger charge is 2.37. The number of rotatable bonds is 4. The van der Waals surface area contributed by atoms with E-state index >= 15 is 0 Å². The number of benzene rings is 1. The number of para-hydroxylation sites is 1. The molecule has 3 rings (SSSR count). The van der Waals surface area contributed by atoms with Crippen LogP contribution in [0.3, 0.4) is 0 Å². The summed E-state index contributed by atoms with van der Waals surface area (Å²) in [6, 6.07) is 7.85. The van der Waals surface area contributed by atoms with E-state index in [1.165, 1.54) is 6.07 Å². The van der Waals surface area contributed by atoms with Gasteiger partial charge in [0.2, 0.25) is 0 Å². The number of nitrogens with zero attached hydrogens (tertiary/aromatic N) is 1. The maximum absolute atomic E-state index is 12.2. The normalized spacial score (nSPS) is 15.6. The van der Waals surface area contributed by atoms with Crippen molar-refractivity contribution < 1.29 is 14.7 Å². The van der Waals surface area contributed by atoms with Crippen LogP contribution in [0.25, 0.3) is 10.9 Å². The number of anilines is 1. The van der Waals surface area contributed by atoms with E-state index in [4.69, 9.17) is 10.8 Å². The molecule has 0 aliphatic heterocycles. The Kier molecular flexibility index (Phi) is 3.21. The second-order valence-electron chi connectivity index (χ2n) is 5.24. The van der Waals surface area contributed by atoms with Gasteiger partial charge in [-0.25, -0.2) is 9.78 Å². The van der Waals surface area contributed by atoms with Gasteiger partial charge in [0, 0.05) is 11.1 Å². The first kappa shape index (κ1) is 13.4. The van der Waals surface area contributed by atoms with Gasteiger partial charge in [0.05, 0.1) is 5.52 Å². The number of carboxylic acids is 1. The minimum Gasteiger partial charge on any atom is -0.480 e. The van der Waals surface area contributed by atoms with Gasteiger partial charge < -0.3 is 16.2 Å². The van der Waals surface area contributed by atoms with Crippen molar-refractivity contribution in [3.63, 3.8) is 0 Å². The third kappa shape index (κ3) is 2.65. The van der Waals surface area contributed by atoms with E-state index in [0.29, 0.717) is 11.2 Å². The van der Waals surface area contributed by atoms with E-state index < -0.39 is 17.9 Å². The van der Waals surface area contributed by atoms with Crippen LogP contribution in [0, 0.1) is 5.92 Å². The number of nitrogens with one attached hydrogen (secondary N) is 1. The largest absolute Gasteiger partial charge is 0.480 e. The minimum atomic E-state index is -1.01. The van der Waals surface area contributed by atoms with Crippen molar-refractivity contribution in [2.75, 3.05) is 5.73 Å². The van der Waals surface area contributed by atoms with Crippen molar-refractivity contribution in [2.45, 2.75) is 18.9 Å². The van der Waals surface area contributed by atoms with Gasteiger partial charge in [0.15, 0.2) is 0 Å². The lowest BCUT2D eigenvalue weighted by Crippen LogP contribution is -2.42. The third-order valence-corrected chi connectivity index (χ3v) is 3.63. The van der Waals surface area contributed by atoms with Crippen molar-refractivity contribution in [1.82, 2.24) is 10.3 Å². The SMILES string of the molecule is Nc1cc(C(=O)NC(C(=O)O)C2CC2)nc2ccccc12. The number of fused-ring (bicyclic) bond motifs is 1. The zero-order valence-corrected chi connectivity index (χ0v) is 11.2. The standard InChI is InChI=1S/C15H15N3O3/c16-10-7-12(17-11-4-2-1-3-9(10)11)14(19)18-13(15(20)21)8-5-6-8/h1-4,7-8,13H,5-6H2,(H2,16,17)(H,18,19)(H,20,21). The van der Waals surface area contributed by atoms with Crippen LogP contribution in [-0.4, -0.2) is 28.0 Å². The number of amides is 1. The van der Waals surface area contributed by atoms with Crippen molar-refractivity contribution in [2.24, 2.45) is 5.92 Å². The van der Waals surface area contributed by atoms with Crippen LogP contribution in [-0.2, 0) is 4.79 Å². The molecule has 6 heteroatoms. The monoisotopic (exact) mass is 285 g/mol. The molecular weight excluding hydrogens is 270 g/mol. The van der Waals surface area contributed by atoms with E-state index in [9.17, 15) is 9.59 Å². The molecular formula is C15H15N3O3.